The topological polar surface area (TPSA) is 191 Å². The van der Waals surface area contributed by atoms with Gasteiger partial charge >= 0.3 is 11.9 Å². The monoisotopic (exact) mass is 606 g/mol. The molecule has 0 saturated carbocycles. The number of nitrogens with two attached hydrogens (primary N) is 1. The van der Waals surface area contributed by atoms with Gasteiger partial charge in [-0.05, 0) is 30.7 Å². The van der Waals surface area contributed by atoms with Gasteiger partial charge in [0.1, 0.15) is 24.2 Å². The summed E-state index contributed by atoms with van der Waals surface area (Å²) in [4.78, 5) is 61.0. The standard InChI is InChI=1S/C31H50N4O8/c1-6-8-9-10-11-12-13-21(4)26(43-31(40)28(32)20(3)7-2)19-27(36)34-25(29(37)33-22(5)30(38)39)18-23-14-16-24(17-15-23)35(41)42/h14-17,20-22,25-26,28H,6-13,18-19,32H2,1-5H3,(H,33,37)(H,34,36)(H,38,39)/t20-,21-,22-,25-,26-,28+/m0/s1. The summed E-state index contributed by atoms with van der Waals surface area (Å²) in [7, 11) is 0. The Morgan fingerprint density at radius 2 is 1.56 bits per heavy atom. The van der Waals surface area contributed by atoms with Crippen molar-refractivity contribution in [1.82, 2.24) is 10.6 Å². The third-order valence-electron chi connectivity index (χ3n) is 7.80. The molecule has 0 radical (unpaired) electrons. The van der Waals surface area contributed by atoms with Crippen LogP contribution in [0.3, 0.4) is 0 Å². The van der Waals surface area contributed by atoms with E-state index in [9.17, 15) is 34.4 Å². The van der Waals surface area contributed by atoms with Gasteiger partial charge in [-0.1, -0.05) is 84.8 Å². The number of non-ortho nitro benzene ring substituents is 1. The number of nitrogens with zero attached hydrogens (tertiary/aromatic N) is 1. The third-order valence-corrected chi connectivity index (χ3v) is 7.80. The zero-order valence-electron chi connectivity index (χ0n) is 26.2. The van der Waals surface area contributed by atoms with E-state index in [0.717, 1.165) is 38.5 Å². The van der Waals surface area contributed by atoms with Gasteiger partial charge in [-0.3, -0.25) is 29.3 Å². The van der Waals surface area contributed by atoms with E-state index < -0.39 is 52.9 Å². The average molecular weight is 607 g/mol. The normalized spacial score (nSPS) is 15.3. The molecule has 0 spiro atoms. The molecule has 0 aliphatic carbocycles. The smallest absolute Gasteiger partial charge is 0.325 e. The molecule has 1 aromatic carbocycles. The number of amides is 2. The molecule has 0 saturated heterocycles. The number of esters is 1. The van der Waals surface area contributed by atoms with Crippen LogP contribution in [0.25, 0.3) is 0 Å². The Morgan fingerprint density at radius 3 is 2.12 bits per heavy atom. The molecule has 0 unspecified atom stereocenters. The molecule has 6 atom stereocenters. The molecule has 0 heterocycles. The van der Waals surface area contributed by atoms with E-state index in [4.69, 9.17) is 10.5 Å². The van der Waals surface area contributed by atoms with Crippen molar-refractivity contribution in [2.75, 3.05) is 0 Å². The molecular formula is C31H50N4O8. The Bertz CT molecular complexity index is 1050. The number of benzene rings is 1. The van der Waals surface area contributed by atoms with E-state index in [1.54, 1.807) is 0 Å². The maximum absolute atomic E-state index is 13.3. The molecule has 2 amide bonds. The van der Waals surface area contributed by atoms with Crippen LogP contribution in [0, 0.1) is 22.0 Å². The number of nitro benzene ring substituents is 1. The fraction of sp³-hybridized carbons (Fsp3) is 0.677. The van der Waals surface area contributed by atoms with Crippen LogP contribution in [0.15, 0.2) is 24.3 Å². The SMILES string of the molecule is CCCCCCCC[C@H](C)[C@H](CC(=O)N[C@@H](Cc1ccc([N+](=O)[O-])cc1)C(=O)N[C@@H](C)C(=O)O)OC(=O)[C@H](N)[C@@H](C)CC. The van der Waals surface area contributed by atoms with Crippen LogP contribution in [0.5, 0.6) is 0 Å². The summed E-state index contributed by atoms with van der Waals surface area (Å²) in [5.74, 6) is -3.39. The lowest BCUT2D eigenvalue weighted by Gasteiger charge is -2.27. The zero-order valence-corrected chi connectivity index (χ0v) is 26.2. The minimum atomic E-state index is -1.25. The van der Waals surface area contributed by atoms with Crippen molar-refractivity contribution in [2.45, 2.75) is 123 Å². The average Bonchev–Trinajstić information content (AvgIpc) is 2.97. The molecule has 242 valence electrons. The quantitative estimate of drug-likeness (QED) is 0.0685. The number of carboxylic acid groups (broad SMARTS) is 1. The highest BCUT2D eigenvalue weighted by molar-refractivity contribution is 5.90. The number of nitro groups is 1. The predicted molar refractivity (Wildman–Crippen MR) is 163 cm³/mol. The fourth-order valence-corrected chi connectivity index (χ4v) is 4.52. The number of carboxylic acids is 1. The van der Waals surface area contributed by atoms with Crippen LogP contribution in [0.1, 0.15) is 98.0 Å². The van der Waals surface area contributed by atoms with Crippen LogP contribution in [-0.4, -0.2) is 58.0 Å². The molecule has 0 aliphatic rings. The number of rotatable bonds is 21. The van der Waals surface area contributed by atoms with Crippen molar-refractivity contribution in [3.05, 3.63) is 39.9 Å². The van der Waals surface area contributed by atoms with Crippen molar-refractivity contribution in [3.8, 4) is 0 Å². The van der Waals surface area contributed by atoms with Crippen LogP contribution in [0.2, 0.25) is 0 Å². The number of carbonyl (C=O) groups excluding carboxylic acids is 3. The number of hydrogen-bond donors (Lipinski definition) is 4. The minimum Gasteiger partial charge on any atom is -0.480 e. The lowest BCUT2D eigenvalue weighted by molar-refractivity contribution is -0.384. The van der Waals surface area contributed by atoms with Gasteiger partial charge in [0.15, 0.2) is 0 Å². The molecule has 0 bridgehead atoms. The molecule has 1 rings (SSSR count). The van der Waals surface area contributed by atoms with Gasteiger partial charge in [-0.15, -0.1) is 0 Å². The van der Waals surface area contributed by atoms with Gasteiger partial charge in [0.25, 0.3) is 5.69 Å². The van der Waals surface area contributed by atoms with Crippen molar-refractivity contribution in [2.24, 2.45) is 17.6 Å². The second-order valence-corrected chi connectivity index (χ2v) is 11.4. The van der Waals surface area contributed by atoms with Crippen LogP contribution < -0.4 is 16.4 Å². The Balaban J connectivity index is 3.09. The highest BCUT2D eigenvalue weighted by Crippen LogP contribution is 2.22. The third kappa shape index (κ3) is 14.0. The molecule has 12 heteroatoms. The first kappa shape index (κ1) is 37.5. The van der Waals surface area contributed by atoms with Gasteiger partial charge in [0.05, 0.1) is 11.3 Å². The maximum atomic E-state index is 13.3. The number of ether oxygens (including phenoxy) is 1. The van der Waals surface area contributed by atoms with Gasteiger partial charge in [-0.2, -0.15) is 0 Å². The molecular weight excluding hydrogens is 556 g/mol. The first-order valence-electron chi connectivity index (χ1n) is 15.3. The molecule has 1 aromatic rings. The van der Waals surface area contributed by atoms with Gasteiger partial charge < -0.3 is 26.2 Å². The molecule has 0 aliphatic heterocycles. The fourth-order valence-electron chi connectivity index (χ4n) is 4.52. The van der Waals surface area contributed by atoms with Gasteiger partial charge in [0.2, 0.25) is 11.8 Å². The summed E-state index contributed by atoms with van der Waals surface area (Å²) < 4.78 is 5.79. The molecule has 0 fully saturated rings. The number of unbranched alkanes of at least 4 members (excludes halogenated alkanes) is 5. The first-order chi connectivity index (χ1) is 20.3. The number of hydrogen-bond acceptors (Lipinski definition) is 8. The lowest BCUT2D eigenvalue weighted by atomic mass is 9.93. The lowest BCUT2D eigenvalue weighted by Crippen LogP contribution is -2.52. The Labute approximate surface area is 254 Å². The van der Waals surface area contributed by atoms with Gasteiger partial charge in [-0.25, -0.2) is 0 Å². The van der Waals surface area contributed by atoms with E-state index >= 15 is 0 Å². The largest absolute Gasteiger partial charge is 0.480 e. The van der Waals surface area contributed by atoms with Crippen molar-refractivity contribution in [3.63, 3.8) is 0 Å². The number of aliphatic carboxylic acids is 1. The van der Waals surface area contributed by atoms with E-state index in [-0.39, 0.29) is 30.4 Å². The van der Waals surface area contributed by atoms with Crippen molar-refractivity contribution < 1.29 is 33.9 Å². The maximum Gasteiger partial charge on any atom is 0.325 e. The Kier molecular flexibility index (Phi) is 17.1. The Hall–Kier alpha value is -3.54. The minimum absolute atomic E-state index is 0.0431. The van der Waals surface area contributed by atoms with Crippen LogP contribution >= 0.6 is 0 Å². The number of carbonyl (C=O) groups is 4. The van der Waals surface area contributed by atoms with E-state index in [0.29, 0.717) is 12.0 Å². The summed E-state index contributed by atoms with van der Waals surface area (Å²) in [5.41, 5.74) is 6.50. The van der Waals surface area contributed by atoms with E-state index in [1.807, 2.05) is 20.8 Å². The first-order valence-corrected chi connectivity index (χ1v) is 15.3. The van der Waals surface area contributed by atoms with Crippen LogP contribution in [-0.2, 0) is 30.3 Å². The Morgan fingerprint density at radius 1 is 0.953 bits per heavy atom. The second kappa shape index (κ2) is 19.6. The summed E-state index contributed by atoms with van der Waals surface area (Å²) in [6.45, 7) is 9.15. The molecule has 5 N–H and O–H groups in total. The zero-order chi connectivity index (χ0) is 32.5. The van der Waals surface area contributed by atoms with Crippen LogP contribution in [0.4, 0.5) is 5.69 Å². The molecule has 12 nitrogen and oxygen atoms in total. The van der Waals surface area contributed by atoms with E-state index in [1.165, 1.54) is 37.6 Å². The summed E-state index contributed by atoms with van der Waals surface area (Å²) in [6.07, 6.45) is 6.93. The molecule has 43 heavy (non-hydrogen) atoms. The summed E-state index contributed by atoms with van der Waals surface area (Å²) in [5, 5.41) is 25.3. The van der Waals surface area contributed by atoms with Crippen molar-refractivity contribution in [1.29, 1.82) is 0 Å². The van der Waals surface area contributed by atoms with E-state index in [2.05, 4.69) is 17.6 Å². The van der Waals surface area contributed by atoms with Gasteiger partial charge in [0, 0.05) is 18.6 Å². The van der Waals surface area contributed by atoms with Crippen molar-refractivity contribution >= 4 is 29.4 Å². The predicted octanol–water partition coefficient (Wildman–Crippen LogP) is 4.27. The highest BCUT2D eigenvalue weighted by Gasteiger charge is 2.31. The second-order valence-electron chi connectivity index (χ2n) is 11.4. The number of nitrogens with one attached hydrogen (secondary N) is 2. The summed E-state index contributed by atoms with van der Waals surface area (Å²) >= 11 is 0. The molecule has 0 aromatic heterocycles. The summed E-state index contributed by atoms with van der Waals surface area (Å²) in [6, 6.07) is 2.27. The highest BCUT2D eigenvalue weighted by atomic mass is 16.6.